The summed E-state index contributed by atoms with van der Waals surface area (Å²) < 4.78 is 33.5. The lowest BCUT2D eigenvalue weighted by atomic mass is 9.99. The number of benzene rings is 2. The Morgan fingerprint density at radius 1 is 0.727 bits per heavy atom. The summed E-state index contributed by atoms with van der Waals surface area (Å²) in [5.74, 6) is -0.369. The second-order valence-electron chi connectivity index (χ2n) is 4.73. The highest BCUT2D eigenvalue weighted by molar-refractivity contribution is 5.81. The van der Waals surface area contributed by atoms with Gasteiger partial charge in [-0.1, -0.05) is 36.4 Å². The van der Waals surface area contributed by atoms with Crippen LogP contribution in [0, 0.1) is 11.6 Å². The molecule has 0 radical (unpaired) electrons. The number of hydrogen-bond donors (Lipinski definition) is 0. The lowest BCUT2D eigenvalue weighted by molar-refractivity contribution is 0.417. The van der Waals surface area contributed by atoms with Crippen LogP contribution < -0.4 is 4.74 Å². The maximum atomic E-state index is 14.0. The summed E-state index contributed by atoms with van der Waals surface area (Å²) in [6, 6.07) is 12.7. The lowest BCUT2D eigenvalue weighted by Gasteiger charge is -2.14. The van der Waals surface area contributed by atoms with Crippen LogP contribution in [-0.4, -0.2) is 12.1 Å². The molecule has 0 unspecified atom stereocenters. The minimum Gasteiger partial charge on any atom is -0.495 e. The molecule has 4 heteroatoms. The fourth-order valence-corrected chi connectivity index (χ4v) is 2.41. The van der Waals surface area contributed by atoms with Crippen molar-refractivity contribution in [2.45, 2.75) is 0 Å². The Balaban J connectivity index is 2.25. The fourth-order valence-electron chi connectivity index (χ4n) is 2.41. The van der Waals surface area contributed by atoms with E-state index in [0.29, 0.717) is 28.0 Å². The Kier molecular flexibility index (Phi) is 3.83. The van der Waals surface area contributed by atoms with Crippen LogP contribution in [0.4, 0.5) is 8.78 Å². The zero-order chi connectivity index (χ0) is 15.5. The fraction of sp³-hybridized carbons (Fsp3) is 0.0556. The average Bonchev–Trinajstić information content (AvgIpc) is 2.55. The van der Waals surface area contributed by atoms with Crippen molar-refractivity contribution in [1.29, 1.82) is 0 Å². The molecule has 2 nitrogen and oxygen atoms in total. The topological polar surface area (TPSA) is 22.1 Å². The van der Waals surface area contributed by atoms with Crippen LogP contribution in [0.15, 0.2) is 60.9 Å². The van der Waals surface area contributed by atoms with Crippen molar-refractivity contribution in [2.75, 3.05) is 7.11 Å². The Labute approximate surface area is 127 Å². The van der Waals surface area contributed by atoms with Gasteiger partial charge < -0.3 is 4.74 Å². The van der Waals surface area contributed by atoms with Gasteiger partial charge in [0.25, 0.3) is 0 Å². The van der Waals surface area contributed by atoms with E-state index in [1.165, 1.54) is 31.6 Å². The van der Waals surface area contributed by atoms with Gasteiger partial charge in [0.15, 0.2) is 0 Å². The number of aromatic nitrogens is 1. The molecule has 22 heavy (non-hydrogen) atoms. The highest BCUT2D eigenvalue weighted by atomic mass is 19.1. The molecule has 0 N–H and O–H groups in total. The van der Waals surface area contributed by atoms with Crippen molar-refractivity contribution >= 4 is 0 Å². The second-order valence-corrected chi connectivity index (χ2v) is 4.73. The van der Waals surface area contributed by atoms with Crippen LogP contribution in [0.5, 0.6) is 5.75 Å². The van der Waals surface area contributed by atoms with Crippen molar-refractivity contribution in [2.24, 2.45) is 0 Å². The summed E-state index contributed by atoms with van der Waals surface area (Å²) in [7, 11) is 1.48. The molecule has 0 saturated heterocycles. The van der Waals surface area contributed by atoms with Crippen LogP contribution in [0.25, 0.3) is 22.3 Å². The van der Waals surface area contributed by atoms with Gasteiger partial charge in [0.05, 0.1) is 7.11 Å². The monoisotopic (exact) mass is 297 g/mol. The molecule has 0 fully saturated rings. The molecule has 0 aliphatic rings. The van der Waals surface area contributed by atoms with Gasteiger partial charge in [-0.3, -0.25) is 4.98 Å². The lowest BCUT2D eigenvalue weighted by Crippen LogP contribution is -1.96. The van der Waals surface area contributed by atoms with Gasteiger partial charge in [0, 0.05) is 34.6 Å². The SMILES string of the molecule is COc1c(-c2ccccc2F)cncc1-c1ccccc1F. The van der Waals surface area contributed by atoms with Crippen molar-refractivity contribution < 1.29 is 13.5 Å². The van der Waals surface area contributed by atoms with E-state index in [9.17, 15) is 8.78 Å². The number of hydrogen-bond acceptors (Lipinski definition) is 2. The number of halogens is 2. The van der Waals surface area contributed by atoms with E-state index in [1.54, 1.807) is 36.4 Å². The van der Waals surface area contributed by atoms with Crippen LogP contribution in [0.2, 0.25) is 0 Å². The average molecular weight is 297 g/mol. The summed E-state index contributed by atoms with van der Waals surface area (Å²) in [5.41, 5.74) is 1.71. The number of ether oxygens (including phenoxy) is 1. The van der Waals surface area contributed by atoms with Crippen molar-refractivity contribution in [3.05, 3.63) is 72.6 Å². The van der Waals surface area contributed by atoms with Gasteiger partial charge in [0.2, 0.25) is 0 Å². The molecular formula is C18H13F2NO. The number of rotatable bonds is 3. The maximum Gasteiger partial charge on any atom is 0.137 e. The normalized spacial score (nSPS) is 10.5. The number of methoxy groups -OCH3 is 1. The Morgan fingerprint density at radius 3 is 1.59 bits per heavy atom. The third kappa shape index (κ3) is 2.44. The zero-order valence-corrected chi connectivity index (χ0v) is 11.9. The first-order valence-electron chi connectivity index (χ1n) is 6.74. The van der Waals surface area contributed by atoms with E-state index >= 15 is 0 Å². The minimum absolute atomic E-state index is 0.366. The maximum absolute atomic E-state index is 14.0. The van der Waals surface area contributed by atoms with E-state index in [4.69, 9.17) is 4.74 Å². The molecule has 0 atom stereocenters. The number of nitrogens with zero attached hydrogens (tertiary/aromatic N) is 1. The van der Waals surface area contributed by atoms with Gasteiger partial charge in [0.1, 0.15) is 17.4 Å². The van der Waals surface area contributed by atoms with Crippen LogP contribution >= 0.6 is 0 Å². The molecule has 0 saturated carbocycles. The molecule has 0 aliphatic carbocycles. The summed E-state index contributed by atoms with van der Waals surface area (Å²) in [6.07, 6.45) is 3.03. The first-order chi connectivity index (χ1) is 10.7. The van der Waals surface area contributed by atoms with Crippen LogP contribution in [-0.2, 0) is 0 Å². The van der Waals surface area contributed by atoms with Gasteiger partial charge in [-0.25, -0.2) is 8.78 Å². The molecule has 2 aromatic carbocycles. The molecular weight excluding hydrogens is 284 g/mol. The van der Waals surface area contributed by atoms with Gasteiger partial charge >= 0.3 is 0 Å². The highest BCUT2D eigenvalue weighted by Crippen LogP contribution is 2.39. The molecule has 1 aromatic heterocycles. The molecule has 3 aromatic rings. The summed E-state index contributed by atoms with van der Waals surface area (Å²) >= 11 is 0. The van der Waals surface area contributed by atoms with Crippen molar-refractivity contribution in [3.63, 3.8) is 0 Å². The van der Waals surface area contributed by atoms with Crippen LogP contribution in [0.3, 0.4) is 0 Å². The molecule has 0 aliphatic heterocycles. The van der Waals surface area contributed by atoms with E-state index in [2.05, 4.69) is 4.98 Å². The summed E-state index contributed by atoms with van der Waals surface area (Å²) in [4.78, 5) is 4.11. The van der Waals surface area contributed by atoms with E-state index in [1.807, 2.05) is 0 Å². The molecule has 1 heterocycles. The predicted octanol–water partition coefficient (Wildman–Crippen LogP) is 4.70. The molecule has 0 amide bonds. The van der Waals surface area contributed by atoms with E-state index in [0.717, 1.165) is 0 Å². The quantitative estimate of drug-likeness (QED) is 0.699. The Morgan fingerprint density at radius 2 is 1.18 bits per heavy atom. The summed E-state index contributed by atoms with van der Waals surface area (Å²) in [6.45, 7) is 0. The van der Waals surface area contributed by atoms with Crippen LogP contribution in [0.1, 0.15) is 0 Å². The van der Waals surface area contributed by atoms with Gasteiger partial charge in [-0.2, -0.15) is 0 Å². The first-order valence-corrected chi connectivity index (χ1v) is 6.74. The standard InChI is InChI=1S/C18H13F2NO/c1-22-18-14(12-6-2-4-8-16(12)19)10-21-11-15(18)13-7-3-5-9-17(13)20/h2-11H,1H3. The third-order valence-corrected chi connectivity index (χ3v) is 3.43. The number of pyridine rings is 1. The summed E-state index contributed by atoms with van der Waals surface area (Å²) in [5, 5.41) is 0. The van der Waals surface area contributed by atoms with E-state index < -0.39 is 0 Å². The zero-order valence-electron chi connectivity index (χ0n) is 11.9. The van der Waals surface area contributed by atoms with Crippen molar-refractivity contribution in [3.8, 4) is 28.0 Å². The first kappa shape index (κ1) is 14.2. The van der Waals surface area contributed by atoms with E-state index in [-0.39, 0.29) is 11.6 Å². The largest absolute Gasteiger partial charge is 0.495 e. The molecule has 110 valence electrons. The third-order valence-electron chi connectivity index (χ3n) is 3.43. The highest BCUT2D eigenvalue weighted by Gasteiger charge is 2.17. The molecule has 0 bridgehead atoms. The second kappa shape index (κ2) is 5.93. The van der Waals surface area contributed by atoms with Gasteiger partial charge in [-0.15, -0.1) is 0 Å². The molecule has 0 spiro atoms. The van der Waals surface area contributed by atoms with Crippen molar-refractivity contribution in [1.82, 2.24) is 4.98 Å². The Hall–Kier alpha value is -2.75. The predicted molar refractivity (Wildman–Crippen MR) is 81.6 cm³/mol. The minimum atomic E-state index is -0.381. The Bertz CT molecular complexity index is 754. The smallest absolute Gasteiger partial charge is 0.137 e. The molecule has 3 rings (SSSR count). The van der Waals surface area contributed by atoms with Gasteiger partial charge in [-0.05, 0) is 12.1 Å².